The lowest BCUT2D eigenvalue weighted by Gasteiger charge is -2.04. The minimum absolute atomic E-state index is 0.210. The van der Waals surface area contributed by atoms with Crippen LogP contribution in [0.1, 0.15) is 13.8 Å². The third kappa shape index (κ3) is 2.38. The Balaban J connectivity index is 2.71. The molecule has 1 N–H and O–H groups in total. The fourth-order valence-corrected chi connectivity index (χ4v) is 0.833. The second-order valence-corrected chi connectivity index (χ2v) is 2.60. The Kier molecular flexibility index (Phi) is 2.86. The fraction of sp³-hybridized carbons (Fsp3) is 0.200. The number of halogens is 1. The average molecular weight is 165 g/mol. The van der Waals surface area contributed by atoms with Gasteiger partial charge in [-0.3, -0.25) is 0 Å². The van der Waals surface area contributed by atoms with E-state index >= 15 is 0 Å². The first-order chi connectivity index (χ1) is 5.72. The Morgan fingerprint density at radius 1 is 1.33 bits per heavy atom. The Morgan fingerprint density at radius 3 is 2.42 bits per heavy atom. The molecule has 1 nitrogen and oxygen atoms in total. The zero-order valence-electron chi connectivity index (χ0n) is 7.26. The van der Waals surface area contributed by atoms with Crippen molar-refractivity contribution >= 4 is 5.69 Å². The summed E-state index contributed by atoms with van der Waals surface area (Å²) in [4.78, 5) is 0. The molecule has 0 bridgehead atoms. The van der Waals surface area contributed by atoms with Crippen LogP contribution in [-0.2, 0) is 0 Å². The highest BCUT2D eigenvalue weighted by molar-refractivity contribution is 5.47. The number of rotatable bonds is 2. The van der Waals surface area contributed by atoms with Gasteiger partial charge in [0.25, 0.3) is 0 Å². The van der Waals surface area contributed by atoms with E-state index in [2.05, 4.69) is 5.32 Å². The predicted octanol–water partition coefficient (Wildman–Crippen LogP) is 3.16. The summed E-state index contributed by atoms with van der Waals surface area (Å²) in [5.74, 6) is -0.210. The van der Waals surface area contributed by atoms with E-state index in [1.807, 2.05) is 19.9 Å². The molecule has 0 unspecified atom stereocenters. The van der Waals surface area contributed by atoms with Crippen molar-refractivity contribution < 1.29 is 4.39 Å². The average Bonchev–Trinajstić information content (AvgIpc) is 2.09. The predicted molar refractivity (Wildman–Crippen MR) is 49.5 cm³/mol. The maximum atomic E-state index is 12.5. The quantitative estimate of drug-likeness (QED) is 0.709. The zero-order valence-corrected chi connectivity index (χ0v) is 7.26. The zero-order chi connectivity index (χ0) is 8.97. The largest absolute Gasteiger partial charge is 0.359 e. The Morgan fingerprint density at radius 2 is 1.92 bits per heavy atom. The number of hydrogen-bond donors (Lipinski definition) is 1. The first-order valence-corrected chi connectivity index (χ1v) is 3.88. The Bertz CT molecular complexity index is 274. The summed E-state index contributed by atoms with van der Waals surface area (Å²) < 4.78 is 12.5. The third-order valence-electron chi connectivity index (χ3n) is 1.62. The number of nitrogens with one attached hydrogen (secondary N) is 1. The van der Waals surface area contributed by atoms with Crippen LogP contribution >= 0.6 is 0 Å². The van der Waals surface area contributed by atoms with Crippen LogP contribution in [0.3, 0.4) is 0 Å². The van der Waals surface area contributed by atoms with Crippen molar-refractivity contribution in [3.05, 3.63) is 41.9 Å². The lowest BCUT2D eigenvalue weighted by Crippen LogP contribution is -1.94. The van der Waals surface area contributed by atoms with Crippen LogP contribution < -0.4 is 5.32 Å². The van der Waals surface area contributed by atoms with Crippen LogP contribution in [0.2, 0.25) is 0 Å². The van der Waals surface area contributed by atoms with Gasteiger partial charge in [0, 0.05) is 11.4 Å². The van der Waals surface area contributed by atoms with Gasteiger partial charge >= 0.3 is 0 Å². The molecule has 0 fully saturated rings. The maximum absolute atomic E-state index is 12.5. The molecular weight excluding hydrogens is 153 g/mol. The summed E-state index contributed by atoms with van der Waals surface area (Å²) >= 11 is 0. The topological polar surface area (TPSA) is 12.0 Å². The molecule has 0 aliphatic carbocycles. The summed E-state index contributed by atoms with van der Waals surface area (Å²) in [6.07, 6.45) is 1.96. The summed E-state index contributed by atoms with van der Waals surface area (Å²) in [6, 6.07) is 6.29. The standard InChI is InChI=1S/C10H12FN/c1-3-8(2)12-10-6-4-9(11)5-7-10/h3-7,12H,1-2H3/b8-3+. The van der Waals surface area contributed by atoms with Crippen LogP contribution in [-0.4, -0.2) is 0 Å². The molecule has 1 aromatic carbocycles. The van der Waals surface area contributed by atoms with Crippen molar-refractivity contribution in [3.8, 4) is 0 Å². The van der Waals surface area contributed by atoms with Crippen LogP contribution in [0.4, 0.5) is 10.1 Å². The van der Waals surface area contributed by atoms with Crippen molar-refractivity contribution in [1.29, 1.82) is 0 Å². The first kappa shape index (κ1) is 8.78. The molecule has 0 radical (unpaired) electrons. The monoisotopic (exact) mass is 165 g/mol. The van der Waals surface area contributed by atoms with Gasteiger partial charge in [0.2, 0.25) is 0 Å². The van der Waals surface area contributed by atoms with E-state index in [9.17, 15) is 4.39 Å². The van der Waals surface area contributed by atoms with Crippen molar-refractivity contribution in [2.75, 3.05) is 5.32 Å². The van der Waals surface area contributed by atoms with Gasteiger partial charge in [-0.25, -0.2) is 4.39 Å². The molecule has 1 rings (SSSR count). The van der Waals surface area contributed by atoms with Crippen LogP contribution in [0.15, 0.2) is 36.0 Å². The number of allylic oxidation sites excluding steroid dienone is 2. The molecule has 0 saturated heterocycles. The SMILES string of the molecule is C/C=C(\C)Nc1ccc(F)cc1. The molecule has 0 amide bonds. The van der Waals surface area contributed by atoms with E-state index in [0.717, 1.165) is 11.4 Å². The number of anilines is 1. The van der Waals surface area contributed by atoms with E-state index in [4.69, 9.17) is 0 Å². The molecule has 0 saturated carbocycles. The summed E-state index contributed by atoms with van der Waals surface area (Å²) in [5.41, 5.74) is 1.97. The van der Waals surface area contributed by atoms with Gasteiger partial charge in [-0.2, -0.15) is 0 Å². The summed E-state index contributed by atoms with van der Waals surface area (Å²) in [5, 5.41) is 3.11. The van der Waals surface area contributed by atoms with Crippen LogP contribution in [0.25, 0.3) is 0 Å². The third-order valence-corrected chi connectivity index (χ3v) is 1.62. The van der Waals surface area contributed by atoms with Gasteiger partial charge in [0.15, 0.2) is 0 Å². The molecule has 0 aliphatic rings. The molecule has 1 aromatic rings. The van der Waals surface area contributed by atoms with Gasteiger partial charge in [0.05, 0.1) is 0 Å². The second-order valence-electron chi connectivity index (χ2n) is 2.60. The van der Waals surface area contributed by atoms with E-state index < -0.39 is 0 Å². The van der Waals surface area contributed by atoms with Crippen molar-refractivity contribution in [1.82, 2.24) is 0 Å². The number of hydrogen-bond acceptors (Lipinski definition) is 1. The number of benzene rings is 1. The molecule has 12 heavy (non-hydrogen) atoms. The highest BCUT2D eigenvalue weighted by Crippen LogP contribution is 2.10. The Labute approximate surface area is 71.9 Å². The molecule has 0 spiro atoms. The highest BCUT2D eigenvalue weighted by atomic mass is 19.1. The highest BCUT2D eigenvalue weighted by Gasteiger charge is 1.91. The van der Waals surface area contributed by atoms with Gasteiger partial charge in [-0.15, -0.1) is 0 Å². The minimum Gasteiger partial charge on any atom is -0.359 e. The van der Waals surface area contributed by atoms with Crippen molar-refractivity contribution in [3.63, 3.8) is 0 Å². The van der Waals surface area contributed by atoms with E-state index in [-0.39, 0.29) is 5.82 Å². The minimum atomic E-state index is -0.210. The summed E-state index contributed by atoms with van der Waals surface area (Å²) in [6.45, 7) is 3.91. The molecule has 2 heteroatoms. The van der Waals surface area contributed by atoms with Gasteiger partial charge < -0.3 is 5.32 Å². The summed E-state index contributed by atoms with van der Waals surface area (Å²) in [7, 11) is 0. The normalized spacial score (nSPS) is 11.4. The Hall–Kier alpha value is -1.31. The first-order valence-electron chi connectivity index (χ1n) is 3.88. The van der Waals surface area contributed by atoms with Crippen molar-refractivity contribution in [2.24, 2.45) is 0 Å². The maximum Gasteiger partial charge on any atom is 0.123 e. The molecule has 0 aliphatic heterocycles. The van der Waals surface area contributed by atoms with E-state index in [1.165, 1.54) is 12.1 Å². The van der Waals surface area contributed by atoms with Crippen LogP contribution in [0, 0.1) is 5.82 Å². The smallest absolute Gasteiger partial charge is 0.123 e. The van der Waals surface area contributed by atoms with E-state index in [0.29, 0.717) is 0 Å². The molecule has 0 atom stereocenters. The van der Waals surface area contributed by atoms with E-state index in [1.54, 1.807) is 12.1 Å². The van der Waals surface area contributed by atoms with Gasteiger partial charge in [0.1, 0.15) is 5.82 Å². The second kappa shape index (κ2) is 3.90. The molecule has 0 aromatic heterocycles. The van der Waals surface area contributed by atoms with Crippen LogP contribution in [0.5, 0.6) is 0 Å². The fourth-order valence-electron chi connectivity index (χ4n) is 0.833. The van der Waals surface area contributed by atoms with Crippen molar-refractivity contribution in [2.45, 2.75) is 13.8 Å². The lowest BCUT2D eigenvalue weighted by atomic mass is 10.3. The van der Waals surface area contributed by atoms with Gasteiger partial charge in [-0.05, 0) is 38.1 Å². The molecule has 0 heterocycles. The molecular formula is C10H12FN. The lowest BCUT2D eigenvalue weighted by molar-refractivity contribution is 0.628. The molecule has 64 valence electrons. The van der Waals surface area contributed by atoms with Gasteiger partial charge in [-0.1, -0.05) is 6.08 Å².